The highest BCUT2D eigenvalue weighted by Gasteiger charge is 2.22. The van der Waals surface area contributed by atoms with Crippen LogP contribution in [0.2, 0.25) is 0 Å². The molecule has 4 N–H and O–H groups in total. The average molecular weight is 340 g/mol. The van der Waals surface area contributed by atoms with Crippen LogP contribution in [0.3, 0.4) is 0 Å². The SMILES string of the molecule is C[C@@H](N)c1ccc(N2CCC(CC(N)=O)CC2)c(Br)c1. The largest absolute Gasteiger partial charge is 0.371 e. The minimum absolute atomic E-state index is 0.0432. The number of nitrogens with zero attached hydrogens (tertiary/aromatic N) is 1. The number of piperidine rings is 1. The summed E-state index contributed by atoms with van der Waals surface area (Å²) in [6.07, 6.45) is 2.55. The van der Waals surface area contributed by atoms with Crippen LogP contribution in [0.1, 0.15) is 37.8 Å². The van der Waals surface area contributed by atoms with Crippen LogP contribution in [0.25, 0.3) is 0 Å². The lowest BCUT2D eigenvalue weighted by molar-refractivity contribution is -0.119. The van der Waals surface area contributed by atoms with Gasteiger partial charge in [-0.2, -0.15) is 0 Å². The molecule has 0 aliphatic carbocycles. The van der Waals surface area contributed by atoms with Gasteiger partial charge in [0, 0.05) is 30.0 Å². The first-order chi connectivity index (χ1) is 9.47. The van der Waals surface area contributed by atoms with Gasteiger partial charge >= 0.3 is 0 Å². The van der Waals surface area contributed by atoms with E-state index in [-0.39, 0.29) is 11.9 Å². The molecule has 0 saturated carbocycles. The van der Waals surface area contributed by atoms with E-state index >= 15 is 0 Å². The number of carbonyl (C=O) groups is 1. The molecule has 1 heterocycles. The zero-order chi connectivity index (χ0) is 14.7. The van der Waals surface area contributed by atoms with Crippen molar-refractivity contribution in [1.29, 1.82) is 0 Å². The Morgan fingerprint density at radius 1 is 1.45 bits per heavy atom. The number of carbonyl (C=O) groups excluding carboxylic acids is 1. The second-order valence-corrected chi connectivity index (χ2v) is 6.45. The fourth-order valence-electron chi connectivity index (χ4n) is 2.73. The summed E-state index contributed by atoms with van der Waals surface area (Å²) < 4.78 is 1.08. The number of primary amides is 1. The number of halogens is 1. The van der Waals surface area contributed by atoms with Crippen LogP contribution in [0.5, 0.6) is 0 Å². The maximum atomic E-state index is 11.0. The second-order valence-electron chi connectivity index (χ2n) is 5.60. The molecule has 1 fully saturated rings. The fraction of sp³-hybridized carbons (Fsp3) is 0.533. The van der Waals surface area contributed by atoms with Gasteiger partial charge in [-0.05, 0) is 59.3 Å². The summed E-state index contributed by atoms with van der Waals surface area (Å²) in [5, 5.41) is 0. The molecule has 1 aromatic rings. The van der Waals surface area contributed by atoms with Crippen molar-refractivity contribution in [1.82, 2.24) is 0 Å². The van der Waals surface area contributed by atoms with Crippen LogP contribution in [0, 0.1) is 5.92 Å². The number of anilines is 1. The number of amides is 1. The maximum Gasteiger partial charge on any atom is 0.217 e. The first kappa shape index (κ1) is 15.3. The first-order valence-electron chi connectivity index (χ1n) is 7.05. The van der Waals surface area contributed by atoms with Crippen molar-refractivity contribution >= 4 is 27.5 Å². The van der Waals surface area contributed by atoms with Gasteiger partial charge in [0.05, 0.1) is 5.69 Å². The Hall–Kier alpha value is -1.07. The summed E-state index contributed by atoms with van der Waals surface area (Å²) in [5.41, 5.74) is 13.5. The smallest absolute Gasteiger partial charge is 0.217 e. The minimum atomic E-state index is -0.189. The van der Waals surface area contributed by atoms with E-state index in [0.717, 1.165) is 36.0 Å². The lowest BCUT2D eigenvalue weighted by Crippen LogP contribution is -2.35. The van der Waals surface area contributed by atoms with Crippen LogP contribution in [-0.2, 0) is 4.79 Å². The molecule has 0 bridgehead atoms. The Balaban J connectivity index is 2.02. The Morgan fingerprint density at radius 3 is 2.60 bits per heavy atom. The summed E-state index contributed by atoms with van der Waals surface area (Å²) in [5.74, 6) is 0.247. The highest BCUT2D eigenvalue weighted by molar-refractivity contribution is 9.10. The quantitative estimate of drug-likeness (QED) is 0.885. The highest BCUT2D eigenvalue weighted by atomic mass is 79.9. The lowest BCUT2D eigenvalue weighted by atomic mass is 9.93. The molecule has 5 heteroatoms. The molecule has 1 aromatic carbocycles. The molecule has 1 aliphatic heterocycles. The standard InChI is InChI=1S/C15H22BrN3O/c1-10(17)12-2-3-14(13(16)9-12)19-6-4-11(5-7-19)8-15(18)20/h2-3,9-11H,4-8,17H2,1H3,(H2,18,20)/t10-/m1/s1. The van der Waals surface area contributed by atoms with Crippen molar-refractivity contribution in [2.75, 3.05) is 18.0 Å². The van der Waals surface area contributed by atoms with Crippen LogP contribution in [0.4, 0.5) is 5.69 Å². The summed E-state index contributed by atoms with van der Waals surface area (Å²) in [6, 6.07) is 6.34. The number of hydrogen-bond donors (Lipinski definition) is 2. The molecule has 0 spiro atoms. The summed E-state index contributed by atoms with van der Waals surface area (Å²) >= 11 is 3.64. The molecule has 4 nitrogen and oxygen atoms in total. The van der Waals surface area contributed by atoms with Crippen LogP contribution in [-0.4, -0.2) is 19.0 Å². The molecule has 2 rings (SSSR count). The van der Waals surface area contributed by atoms with Crippen LogP contribution in [0.15, 0.2) is 22.7 Å². The molecule has 1 aliphatic rings. The van der Waals surface area contributed by atoms with Crippen molar-refractivity contribution in [3.8, 4) is 0 Å². The number of nitrogens with two attached hydrogens (primary N) is 2. The Morgan fingerprint density at radius 2 is 2.10 bits per heavy atom. The summed E-state index contributed by atoms with van der Waals surface area (Å²) in [4.78, 5) is 13.3. The van der Waals surface area contributed by atoms with E-state index in [4.69, 9.17) is 11.5 Å². The Bertz CT molecular complexity index is 482. The first-order valence-corrected chi connectivity index (χ1v) is 7.85. The monoisotopic (exact) mass is 339 g/mol. The van der Waals surface area contributed by atoms with Crippen molar-refractivity contribution in [3.05, 3.63) is 28.2 Å². The Labute approximate surface area is 128 Å². The second kappa shape index (κ2) is 6.59. The highest BCUT2D eigenvalue weighted by Crippen LogP contribution is 2.32. The van der Waals surface area contributed by atoms with Gasteiger partial charge < -0.3 is 16.4 Å². The van der Waals surface area contributed by atoms with E-state index in [2.05, 4.69) is 39.0 Å². The van der Waals surface area contributed by atoms with Gasteiger partial charge in [0.1, 0.15) is 0 Å². The van der Waals surface area contributed by atoms with Gasteiger partial charge in [-0.25, -0.2) is 0 Å². The number of benzene rings is 1. The number of hydrogen-bond acceptors (Lipinski definition) is 3. The molecule has 0 aromatic heterocycles. The third-order valence-electron chi connectivity index (χ3n) is 3.94. The molecule has 20 heavy (non-hydrogen) atoms. The molecule has 110 valence electrons. The topological polar surface area (TPSA) is 72.3 Å². The van der Waals surface area contributed by atoms with Crippen molar-refractivity contribution in [2.24, 2.45) is 17.4 Å². The average Bonchev–Trinajstić information content (AvgIpc) is 2.39. The van der Waals surface area contributed by atoms with Crippen molar-refractivity contribution in [2.45, 2.75) is 32.2 Å². The summed E-state index contributed by atoms with van der Waals surface area (Å²) in [6.45, 7) is 3.92. The molecule has 1 saturated heterocycles. The maximum absolute atomic E-state index is 11.0. The third-order valence-corrected chi connectivity index (χ3v) is 4.58. The fourth-order valence-corrected chi connectivity index (χ4v) is 3.37. The predicted molar refractivity (Wildman–Crippen MR) is 85.5 cm³/mol. The van der Waals surface area contributed by atoms with Gasteiger partial charge in [-0.15, -0.1) is 0 Å². The van der Waals surface area contributed by atoms with E-state index in [1.165, 1.54) is 5.69 Å². The molecular weight excluding hydrogens is 318 g/mol. The van der Waals surface area contributed by atoms with Gasteiger partial charge in [-0.3, -0.25) is 4.79 Å². The molecular formula is C15H22BrN3O. The van der Waals surface area contributed by atoms with E-state index in [1.54, 1.807) is 0 Å². The number of rotatable bonds is 4. The van der Waals surface area contributed by atoms with Crippen LogP contribution >= 0.6 is 15.9 Å². The van der Waals surface area contributed by atoms with Gasteiger partial charge in [-0.1, -0.05) is 6.07 Å². The van der Waals surface area contributed by atoms with Crippen LogP contribution < -0.4 is 16.4 Å². The summed E-state index contributed by atoms with van der Waals surface area (Å²) in [7, 11) is 0. The van der Waals surface area contributed by atoms with Gasteiger partial charge in [0.25, 0.3) is 0 Å². The van der Waals surface area contributed by atoms with Gasteiger partial charge in [0.15, 0.2) is 0 Å². The molecule has 1 atom stereocenters. The normalized spacial score (nSPS) is 18.1. The minimum Gasteiger partial charge on any atom is -0.371 e. The zero-order valence-corrected chi connectivity index (χ0v) is 13.4. The van der Waals surface area contributed by atoms with Gasteiger partial charge in [0.2, 0.25) is 5.91 Å². The van der Waals surface area contributed by atoms with Crippen molar-refractivity contribution in [3.63, 3.8) is 0 Å². The molecule has 0 unspecified atom stereocenters. The zero-order valence-electron chi connectivity index (χ0n) is 11.8. The predicted octanol–water partition coefficient (Wildman–Crippen LogP) is 2.56. The molecule has 1 amide bonds. The Kier molecular flexibility index (Phi) is 5.05. The van der Waals surface area contributed by atoms with Crippen molar-refractivity contribution < 1.29 is 4.79 Å². The van der Waals surface area contributed by atoms with E-state index in [1.807, 2.05) is 6.92 Å². The third kappa shape index (κ3) is 3.73. The molecule has 0 radical (unpaired) electrons. The lowest BCUT2D eigenvalue weighted by Gasteiger charge is -2.34. The van der Waals surface area contributed by atoms with E-state index in [9.17, 15) is 4.79 Å². The van der Waals surface area contributed by atoms with E-state index < -0.39 is 0 Å². The van der Waals surface area contributed by atoms with E-state index in [0.29, 0.717) is 12.3 Å².